The van der Waals surface area contributed by atoms with Gasteiger partial charge in [0.15, 0.2) is 0 Å². The molecule has 1 atom stereocenters. The van der Waals surface area contributed by atoms with Gasteiger partial charge in [-0.1, -0.05) is 0 Å². The molecule has 1 aromatic rings. The Kier molecular flexibility index (Phi) is 5.69. The van der Waals surface area contributed by atoms with E-state index >= 15 is 0 Å². The van der Waals surface area contributed by atoms with Crippen LogP contribution in [0.4, 0.5) is 0 Å². The average Bonchev–Trinajstić information content (AvgIpc) is 2.35. The number of hydrogen-bond donors (Lipinski definition) is 2. The van der Waals surface area contributed by atoms with Gasteiger partial charge in [0, 0.05) is 30.7 Å². The van der Waals surface area contributed by atoms with Gasteiger partial charge in [-0.25, -0.2) is 12.7 Å². The van der Waals surface area contributed by atoms with Crippen LogP contribution in [0.1, 0.15) is 17.3 Å². The van der Waals surface area contributed by atoms with E-state index in [2.05, 4.69) is 21.2 Å². The summed E-state index contributed by atoms with van der Waals surface area (Å²) in [6.45, 7) is 1.65. The Labute approximate surface area is 127 Å². The maximum atomic E-state index is 12.1. The van der Waals surface area contributed by atoms with Gasteiger partial charge in [-0.15, -0.1) is 0 Å². The lowest BCUT2D eigenvalue weighted by atomic mass is 10.2. The Hall–Kier alpha value is -0.960. The number of nitrogens with zero attached hydrogens (tertiary/aromatic N) is 1. The van der Waals surface area contributed by atoms with Crippen LogP contribution in [0.2, 0.25) is 0 Å². The highest BCUT2D eigenvalue weighted by Crippen LogP contribution is 2.25. The third kappa shape index (κ3) is 4.02. The number of amides is 1. The number of benzene rings is 1. The molecule has 0 fully saturated rings. The van der Waals surface area contributed by atoms with Crippen LogP contribution in [0.15, 0.2) is 27.6 Å². The number of carbonyl (C=O) groups is 1. The van der Waals surface area contributed by atoms with Crippen LogP contribution in [0, 0.1) is 0 Å². The fourth-order valence-corrected chi connectivity index (χ4v) is 3.23. The van der Waals surface area contributed by atoms with Crippen LogP contribution in [0.3, 0.4) is 0 Å². The number of halogens is 1. The Balaban J connectivity index is 3.13. The van der Waals surface area contributed by atoms with Gasteiger partial charge < -0.3 is 10.4 Å². The van der Waals surface area contributed by atoms with Crippen molar-refractivity contribution < 1.29 is 18.3 Å². The minimum atomic E-state index is -3.64. The summed E-state index contributed by atoms with van der Waals surface area (Å²) in [4.78, 5) is 11.9. The highest BCUT2D eigenvalue weighted by atomic mass is 79.9. The lowest BCUT2D eigenvalue weighted by Crippen LogP contribution is -2.31. The molecule has 0 spiro atoms. The fraction of sp³-hybridized carbons (Fsp3) is 0.417. The molecule has 1 unspecified atom stereocenters. The summed E-state index contributed by atoms with van der Waals surface area (Å²) in [5.41, 5.74) is 0.217. The van der Waals surface area contributed by atoms with Crippen LogP contribution in [-0.4, -0.2) is 50.5 Å². The van der Waals surface area contributed by atoms with Gasteiger partial charge in [0.05, 0.1) is 11.0 Å². The van der Waals surface area contributed by atoms with E-state index in [-0.39, 0.29) is 17.0 Å². The largest absolute Gasteiger partial charge is 0.392 e. The third-order valence-corrected chi connectivity index (χ3v) is 5.32. The molecule has 8 heteroatoms. The Morgan fingerprint density at radius 2 is 2.05 bits per heavy atom. The van der Waals surface area contributed by atoms with Crippen LogP contribution in [0.25, 0.3) is 0 Å². The van der Waals surface area contributed by atoms with Crippen LogP contribution >= 0.6 is 15.9 Å². The maximum absolute atomic E-state index is 12.1. The Morgan fingerprint density at radius 1 is 1.45 bits per heavy atom. The highest BCUT2D eigenvalue weighted by molar-refractivity contribution is 9.10. The summed E-state index contributed by atoms with van der Waals surface area (Å²) in [6.07, 6.45) is -0.667. The van der Waals surface area contributed by atoms with Gasteiger partial charge in [-0.2, -0.15) is 0 Å². The van der Waals surface area contributed by atoms with Gasteiger partial charge in [0.1, 0.15) is 0 Å². The molecule has 0 aliphatic heterocycles. The molecule has 0 saturated carbocycles. The molecule has 0 saturated heterocycles. The van der Waals surface area contributed by atoms with Crippen molar-refractivity contribution in [1.29, 1.82) is 0 Å². The lowest BCUT2D eigenvalue weighted by Gasteiger charge is -2.14. The standard InChI is InChI=1S/C12H17BrN2O4S/c1-8(16)7-14-12(17)9-4-5-10(13)11(6-9)20(18,19)15(2)3/h4-6,8,16H,7H2,1-3H3,(H,14,17). The van der Waals surface area contributed by atoms with Gasteiger partial charge in [0.25, 0.3) is 5.91 Å². The quantitative estimate of drug-likeness (QED) is 0.809. The van der Waals surface area contributed by atoms with Gasteiger partial charge >= 0.3 is 0 Å². The second-order valence-corrected chi connectivity index (χ2v) is 7.47. The normalized spacial score (nSPS) is 13.3. The van der Waals surface area contributed by atoms with E-state index in [9.17, 15) is 13.2 Å². The molecule has 0 aliphatic carbocycles. The smallest absolute Gasteiger partial charge is 0.251 e. The number of rotatable bonds is 5. The molecule has 2 N–H and O–H groups in total. The minimum absolute atomic E-state index is 0.0206. The molecule has 1 amide bonds. The average molecular weight is 365 g/mol. The number of nitrogens with one attached hydrogen (secondary N) is 1. The van der Waals surface area contributed by atoms with Gasteiger partial charge in [-0.05, 0) is 41.1 Å². The van der Waals surface area contributed by atoms with E-state index in [4.69, 9.17) is 5.11 Å². The monoisotopic (exact) mass is 364 g/mol. The van der Waals surface area contributed by atoms with E-state index in [1.165, 1.54) is 32.3 Å². The second-order valence-electron chi connectivity index (χ2n) is 4.49. The van der Waals surface area contributed by atoms with Crippen molar-refractivity contribution >= 4 is 31.9 Å². The molecular formula is C12H17BrN2O4S. The molecule has 1 rings (SSSR count). The zero-order chi connectivity index (χ0) is 15.5. The first-order chi connectivity index (χ1) is 9.16. The van der Waals surface area contributed by atoms with Crippen molar-refractivity contribution in [2.75, 3.05) is 20.6 Å². The van der Waals surface area contributed by atoms with Crippen LogP contribution in [-0.2, 0) is 10.0 Å². The predicted octanol–water partition coefficient (Wildman–Crippen LogP) is 0.810. The molecule has 0 aromatic heterocycles. The van der Waals surface area contributed by atoms with Crippen molar-refractivity contribution in [1.82, 2.24) is 9.62 Å². The zero-order valence-corrected chi connectivity index (χ0v) is 13.8. The van der Waals surface area contributed by atoms with Gasteiger partial charge in [0.2, 0.25) is 10.0 Å². The van der Waals surface area contributed by atoms with Crippen molar-refractivity contribution in [2.24, 2.45) is 0 Å². The lowest BCUT2D eigenvalue weighted by molar-refractivity contribution is 0.0924. The Bertz CT molecular complexity index is 599. The zero-order valence-electron chi connectivity index (χ0n) is 11.4. The first-order valence-electron chi connectivity index (χ1n) is 5.84. The summed E-state index contributed by atoms with van der Waals surface area (Å²) >= 11 is 3.17. The number of sulfonamides is 1. The molecule has 0 radical (unpaired) electrons. The molecule has 6 nitrogen and oxygen atoms in total. The molecule has 1 aromatic carbocycles. The first kappa shape index (κ1) is 17.1. The summed E-state index contributed by atoms with van der Waals surface area (Å²) in [5, 5.41) is 11.6. The molecule has 0 heterocycles. The number of hydrogen-bond acceptors (Lipinski definition) is 4. The first-order valence-corrected chi connectivity index (χ1v) is 8.08. The molecule has 0 aliphatic rings. The SMILES string of the molecule is CC(O)CNC(=O)c1ccc(Br)c(S(=O)(=O)N(C)C)c1. The van der Waals surface area contributed by atoms with Crippen molar-refractivity contribution in [3.8, 4) is 0 Å². The highest BCUT2D eigenvalue weighted by Gasteiger charge is 2.22. The van der Waals surface area contributed by atoms with Crippen molar-refractivity contribution in [3.05, 3.63) is 28.2 Å². The number of aliphatic hydroxyl groups is 1. The summed E-state index contributed by atoms with van der Waals surface area (Å²) < 4.78 is 25.7. The molecule has 0 bridgehead atoms. The van der Waals surface area contributed by atoms with Gasteiger partial charge in [-0.3, -0.25) is 4.79 Å². The maximum Gasteiger partial charge on any atom is 0.251 e. The predicted molar refractivity (Wildman–Crippen MR) is 79.0 cm³/mol. The van der Waals surface area contributed by atoms with E-state index in [1.54, 1.807) is 6.92 Å². The van der Waals surface area contributed by atoms with Crippen molar-refractivity contribution in [2.45, 2.75) is 17.9 Å². The van der Waals surface area contributed by atoms with Crippen LogP contribution in [0.5, 0.6) is 0 Å². The molecular weight excluding hydrogens is 348 g/mol. The summed E-state index contributed by atoms with van der Waals surface area (Å²) in [5.74, 6) is -0.436. The fourth-order valence-electron chi connectivity index (χ4n) is 1.38. The minimum Gasteiger partial charge on any atom is -0.392 e. The number of aliphatic hydroxyl groups excluding tert-OH is 1. The van der Waals surface area contributed by atoms with E-state index in [1.807, 2.05) is 0 Å². The van der Waals surface area contributed by atoms with Crippen molar-refractivity contribution in [3.63, 3.8) is 0 Å². The third-order valence-electron chi connectivity index (χ3n) is 2.51. The summed E-state index contributed by atoms with van der Waals surface area (Å²) in [6, 6.07) is 4.32. The van der Waals surface area contributed by atoms with Crippen LogP contribution < -0.4 is 5.32 Å². The number of carbonyl (C=O) groups excluding carboxylic acids is 1. The topological polar surface area (TPSA) is 86.7 Å². The second kappa shape index (κ2) is 6.66. The molecule has 20 heavy (non-hydrogen) atoms. The van der Waals surface area contributed by atoms with E-state index < -0.39 is 22.0 Å². The molecule has 112 valence electrons. The Morgan fingerprint density at radius 3 is 2.55 bits per heavy atom. The van der Waals surface area contributed by atoms with E-state index in [0.29, 0.717) is 4.47 Å². The summed E-state index contributed by atoms with van der Waals surface area (Å²) in [7, 11) is -0.801. The van der Waals surface area contributed by atoms with E-state index in [0.717, 1.165) is 4.31 Å².